The van der Waals surface area contributed by atoms with Crippen molar-refractivity contribution < 1.29 is 23.4 Å². The van der Waals surface area contributed by atoms with E-state index in [-0.39, 0.29) is 9.77 Å². The smallest absolute Gasteiger partial charge is 0.347 e. The van der Waals surface area contributed by atoms with Crippen LogP contribution in [0.1, 0.15) is 23.5 Å². The third-order valence-corrected chi connectivity index (χ3v) is 4.69. The van der Waals surface area contributed by atoms with Gasteiger partial charge < -0.3 is 10.2 Å². The summed E-state index contributed by atoms with van der Waals surface area (Å²) in [6, 6.07) is 1.23. The second-order valence-corrected chi connectivity index (χ2v) is 6.63. The second kappa shape index (κ2) is 4.73. The molecule has 0 aliphatic rings. The van der Waals surface area contributed by atoms with Crippen LogP contribution in [-0.4, -0.2) is 36.7 Å². The van der Waals surface area contributed by atoms with E-state index in [0.29, 0.717) is 0 Å². The van der Waals surface area contributed by atoms with E-state index >= 15 is 0 Å². The minimum Gasteiger partial charge on any atom is -0.477 e. The van der Waals surface area contributed by atoms with Gasteiger partial charge in [-0.3, -0.25) is 0 Å². The van der Waals surface area contributed by atoms with E-state index < -0.39 is 28.1 Å². The van der Waals surface area contributed by atoms with Gasteiger partial charge in [0.25, 0.3) is 0 Å². The Kier molecular flexibility index (Phi) is 3.92. The van der Waals surface area contributed by atoms with E-state index in [0.717, 1.165) is 11.3 Å². The summed E-state index contributed by atoms with van der Waals surface area (Å²) < 4.78 is 26.1. The topological polar surface area (TPSA) is 104 Å². The largest absolute Gasteiger partial charge is 0.477 e. The Bertz CT molecular complexity index is 517. The lowest BCUT2D eigenvalue weighted by Crippen LogP contribution is -2.46. The molecule has 0 saturated carbocycles. The molecule has 0 aliphatic carbocycles. The molecule has 96 valence electrons. The van der Waals surface area contributed by atoms with Gasteiger partial charge in [0, 0.05) is 0 Å². The number of sulfonamides is 1. The third kappa shape index (κ3) is 3.25. The molecule has 1 aromatic rings. The summed E-state index contributed by atoms with van der Waals surface area (Å²) in [4.78, 5) is 10.3. The Morgan fingerprint density at radius 2 is 2.12 bits per heavy atom. The quantitative estimate of drug-likeness (QED) is 0.728. The summed E-state index contributed by atoms with van der Waals surface area (Å²) in [6.07, 6.45) is 0. The number of rotatable bonds is 5. The molecule has 0 unspecified atom stereocenters. The maximum absolute atomic E-state index is 11.9. The van der Waals surface area contributed by atoms with Crippen LogP contribution in [0.25, 0.3) is 0 Å². The van der Waals surface area contributed by atoms with Crippen LogP contribution < -0.4 is 4.72 Å². The highest BCUT2D eigenvalue weighted by atomic mass is 32.2. The molecule has 0 aromatic carbocycles. The average Bonchev–Trinajstić information content (AvgIpc) is 2.65. The zero-order chi connectivity index (χ0) is 13.3. The van der Waals surface area contributed by atoms with Crippen molar-refractivity contribution in [2.75, 3.05) is 6.61 Å². The van der Waals surface area contributed by atoms with Gasteiger partial charge >= 0.3 is 5.97 Å². The van der Waals surface area contributed by atoms with Crippen molar-refractivity contribution in [2.24, 2.45) is 0 Å². The normalized spacial score (nSPS) is 12.6. The number of hydrogen-bond acceptors (Lipinski definition) is 5. The summed E-state index contributed by atoms with van der Waals surface area (Å²) in [6.45, 7) is 2.60. The Labute approximate surface area is 103 Å². The van der Waals surface area contributed by atoms with Crippen molar-refractivity contribution in [1.82, 2.24) is 4.72 Å². The molecule has 6 nitrogen and oxygen atoms in total. The predicted molar refractivity (Wildman–Crippen MR) is 62.8 cm³/mol. The van der Waals surface area contributed by atoms with Crippen LogP contribution in [0.4, 0.5) is 0 Å². The zero-order valence-corrected chi connectivity index (χ0v) is 10.9. The highest BCUT2D eigenvalue weighted by Gasteiger charge is 2.29. The lowest BCUT2D eigenvalue weighted by molar-refractivity contribution is 0.0698. The highest BCUT2D eigenvalue weighted by molar-refractivity contribution is 7.89. The fraction of sp³-hybridized carbons (Fsp3) is 0.444. The van der Waals surface area contributed by atoms with Gasteiger partial charge in [0.15, 0.2) is 0 Å². The number of nitrogens with one attached hydrogen (secondary N) is 1. The molecule has 0 atom stereocenters. The lowest BCUT2D eigenvalue weighted by Gasteiger charge is -2.22. The molecular formula is C9H13NO5S2. The summed E-state index contributed by atoms with van der Waals surface area (Å²) in [7, 11) is -3.94. The van der Waals surface area contributed by atoms with Gasteiger partial charge in [-0.15, -0.1) is 11.3 Å². The van der Waals surface area contributed by atoms with Gasteiger partial charge in [-0.2, -0.15) is 0 Å². The van der Waals surface area contributed by atoms with Gasteiger partial charge in [-0.25, -0.2) is 17.9 Å². The van der Waals surface area contributed by atoms with Crippen LogP contribution in [-0.2, 0) is 10.0 Å². The van der Waals surface area contributed by atoms with Crippen molar-refractivity contribution in [3.05, 3.63) is 16.3 Å². The number of hydrogen-bond donors (Lipinski definition) is 3. The maximum atomic E-state index is 11.9. The maximum Gasteiger partial charge on any atom is 0.347 e. The van der Waals surface area contributed by atoms with Crippen molar-refractivity contribution in [1.29, 1.82) is 0 Å². The number of aliphatic hydroxyl groups is 1. The first-order valence-corrected chi connectivity index (χ1v) is 7.01. The standard InChI is InChI=1S/C9H13NO5S2/c1-9(2,5-11)10-17(14,15)6-3-4-16-7(6)8(12)13/h3-4,10-11H,5H2,1-2H3,(H,12,13). The minimum absolute atomic E-state index is 0.244. The molecule has 0 bridgehead atoms. The van der Waals surface area contributed by atoms with E-state index in [4.69, 9.17) is 10.2 Å². The summed E-state index contributed by atoms with van der Waals surface area (Å²) in [5, 5.41) is 19.2. The molecule has 1 heterocycles. The molecule has 3 N–H and O–H groups in total. The Morgan fingerprint density at radius 3 is 2.59 bits per heavy atom. The number of thiophene rings is 1. The van der Waals surface area contributed by atoms with Gasteiger partial charge in [-0.1, -0.05) is 0 Å². The molecule has 0 fully saturated rings. The Hall–Kier alpha value is -0.960. The molecular weight excluding hydrogens is 266 g/mol. The Balaban J connectivity index is 3.15. The van der Waals surface area contributed by atoms with E-state index in [2.05, 4.69) is 4.72 Å². The van der Waals surface area contributed by atoms with Crippen molar-refractivity contribution >= 4 is 27.3 Å². The fourth-order valence-corrected chi connectivity index (χ4v) is 3.78. The van der Waals surface area contributed by atoms with Crippen molar-refractivity contribution in [2.45, 2.75) is 24.3 Å². The average molecular weight is 279 g/mol. The molecule has 1 rings (SSSR count). The van der Waals surface area contributed by atoms with Crippen LogP contribution >= 0.6 is 11.3 Å². The van der Waals surface area contributed by atoms with Gasteiger partial charge in [0.05, 0.1) is 12.1 Å². The molecule has 1 aromatic heterocycles. The van der Waals surface area contributed by atoms with E-state index in [1.165, 1.54) is 25.3 Å². The van der Waals surface area contributed by atoms with Crippen LogP contribution in [0.2, 0.25) is 0 Å². The van der Waals surface area contributed by atoms with E-state index in [1.807, 2.05) is 0 Å². The number of carboxylic acids is 1. The molecule has 0 spiro atoms. The van der Waals surface area contributed by atoms with Gasteiger partial charge in [0.2, 0.25) is 10.0 Å². The number of carboxylic acid groups (broad SMARTS) is 1. The minimum atomic E-state index is -3.94. The van der Waals surface area contributed by atoms with Gasteiger partial charge in [-0.05, 0) is 25.3 Å². The van der Waals surface area contributed by atoms with Crippen LogP contribution in [0.3, 0.4) is 0 Å². The molecule has 8 heteroatoms. The monoisotopic (exact) mass is 279 g/mol. The zero-order valence-electron chi connectivity index (χ0n) is 9.30. The van der Waals surface area contributed by atoms with Gasteiger partial charge in [0.1, 0.15) is 9.77 Å². The van der Waals surface area contributed by atoms with Crippen LogP contribution in [0.5, 0.6) is 0 Å². The van der Waals surface area contributed by atoms with Crippen molar-refractivity contribution in [3.63, 3.8) is 0 Å². The molecule has 0 radical (unpaired) electrons. The molecule has 0 saturated heterocycles. The molecule has 0 amide bonds. The summed E-state index contributed by atoms with van der Waals surface area (Å²) >= 11 is 0.837. The first kappa shape index (κ1) is 14.1. The number of carbonyl (C=O) groups is 1. The fourth-order valence-electron chi connectivity index (χ4n) is 1.12. The Morgan fingerprint density at radius 1 is 1.53 bits per heavy atom. The van der Waals surface area contributed by atoms with E-state index in [9.17, 15) is 13.2 Å². The first-order valence-electron chi connectivity index (χ1n) is 4.65. The second-order valence-electron chi connectivity index (χ2n) is 4.07. The first-order chi connectivity index (χ1) is 7.69. The number of aliphatic hydroxyl groups excluding tert-OH is 1. The molecule has 17 heavy (non-hydrogen) atoms. The van der Waals surface area contributed by atoms with Crippen LogP contribution in [0, 0.1) is 0 Å². The third-order valence-electron chi connectivity index (χ3n) is 1.92. The molecule has 0 aliphatic heterocycles. The van der Waals surface area contributed by atoms with E-state index in [1.54, 1.807) is 0 Å². The summed E-state index contributed by atoms with van der Waals surface area (Å²) in [5.41, 5.74) is -1.05. The summed E-state index contributed by atoms with van der Waals surface area (Å²) in [5.74, 6) is -1.29. The SMILES string of the molecule is CC(C)(CO)NS(=O)(=O)c1ccsc1C(=O)O. The predicted octanol–water partition coefficient (Wildman–Crippen LogP) is 0.495. The lowest BCUT2D eigenvalue weighted by atomic mass is 10.1. The van der Waals surface area contributed by atoms with Crippen molar-refractivity contribution in [3.8, 4) is 0 Å². The highest BCUT2D eigenvalue weighted by Crippen LogP contribution is 2.23. The number of aromatic carboxylic acids is 1. The van der Waals surface area contributed by atoms with Crippen LogP contribution in [0.15, 0.2) is 16.3 Å².